The van der Waals surface area contributed by atoms with Crippen molar-refractivity contribution in [3.63, 3.8) is 0 Å². The molecule has 16 heavy (non-hydrogen) atoms. The van der Waals surface area contributed by atoms with Gasteiger partial charge < -0.3 is 9.47 Å². The molecule has 2 rings (SSSR count). The van der Waals surface area contributed by atoms with Crippen LogP contribution in [0.2, 0.25) is 0 Å². The molecule has 0 aliphatic carbocycles. The fraction of sp³-hybridized carbons (Fsp3) is 0.455. The van der Waals surface area contributed by atoms with Gasteiger partial charge in [0, 0.05) is 0 Å². The fourth-order valence-corrected chi connectivity index (χ4v) is 1.77. The van der Waals surface area contributed by atoms with Crippen LogP contribution in [0.4, 0.5) is 0 Å². The van der Waals surface area contributed by atoms with Gasteiger partial charge in [-0.3, -0.25) is 10.7 Å². The zero-order valence-electron chi connectivity index (χ0n) is 9.56. The van der Waals surface area contributed by atoms with E-state index in [-0.39, 0.29) is 6.17 Å². The van der Waals surface area contributed by atoms with E-state index in [2.05, 4.69) is 5.43 Å². The van der Waals surface area contributed by atoms with Gasteiger partial charge in [-0.05, 0) is 31.8 Å². The summed E-state index contributed by atoms with van der Waals surface area (Å²) in [6.07, 6.45) is -0.0316. The lowest BCUT2D eigenvalue weighted by Gasteiger charge is -2.25. The summed E-state index contributed by atoms with van der Waals surface area (Å²) in [5.74, 6) is 7.10. The van der Waals surface area contributed by atoms with Gasteiger partial charge in [-0.25, -0.2) is 5.43 Å². The normalized spacial score (nSPS) is 16.2. The van der Waals surface area contributed by atoms with Crippen molar-refractivity contribution in [2.75, 3.05) is 27.3 Å². The van der Waals surface area contributed by atoms with Crippen LogP contribution < -0.4 is 20.7 Å². The molecule has 1 aliphatic heterocycles. The van der Waals surface area contributed by atoms with Gasteiger partial charge in [0.2, 0.25) is 0 Å². The Labute approximate surface area is 95.1 Å². The van der Waals surface area contributed by atoms with Crippen molar-refractivity contribution in [3.05, 3.63) is 23.8 Å². The molecule has 5 nitrogen and oxygen atoms in total. The van der Waals surface area contributed by atoms with Gasteiger partial charge in [-0.1, -0.05) is 6.07 Å². The van der Waals surface area contributed by atoms with E-state index in [4.69, 9.17) is 15.3 Å². The lowest BCUT2D eigenvalue weighted by molar-refractivity contribution is 0.170. The molecule has 88 valence electrons. The van der Waals surface area contributed by atoms with Gasteiger partial charge in [-0.2, -0.15) is 0 Å². The van der Waals surface area contributed by atoms with E-state index < -0.39 is 0 Å². The van der Waals surface area contributed by atoms with Crippen LogP contribution in [0.15, 0.2) is 18.2 Å². The molecule has 0 fully saturated rings. The monoisotopic (exact) mass is 223 g/mol. The molecule has 1 unspecified atom stereocenters. The smallest absolute Gasteiger partial charge is 0.161 e. The number of hydrogen-bond donors (Lipinski definition) is 2. The fourth-order valence-electron chi connectivity index (χ4n) is 1.77. The first-order valence-electron chi connectivity index (χ1n) is 5.24. The molecule has 1 heterocycles. The summed E-state index contributed by atoms with van der Waals surface area (Å²) in [6.45, 7) is 1.21. The van der Waals surface area contributed by atoms with E-state index in [1.54, 1.807) is 0 Å². The molecule has 0 saturated heterocycles. The van der Waals surface area contributed by atoms with Crippen molar-refractivity contribution in [1.29, 1.82) is 0 Å². The van der Waals surface area contributed by atoms with Crippen LogP contribution in [0.25, 0.3) is 0 Å². The molecular weight excluding hydrogens is 206 g/mol. The van der Waals surface area contributed by atoms with Gasteiger partial charge in [0.1, 0.15) is 13.2 Å². The zero-order chi connectivity index (χ0) is 11.5. The Kier molecular flexibility index (Phi) is 3.28. The Morgan fingerprint density at radius 3 is 2.56 bits per heavy atom. The first-order chi connectivity index (χ1) is 7.72. The molecule has 1 aliphatic rings. The van der Waals surface area contributed by atoms with Gasteiger partial charge in [0.05, 0.1) is 6.17 Å². The van der Waals surface area contributed by atoms with E-state index in [1.807, 2.05) is 37.2 Å². The highest BCUT2D eigenvalue weighted by Crippen LogP contribution is 2.32. The van der Waals surface area contributed by atoms with Crippen molar-refractivity contribution >= 4 is 0 Å². The Bertz CT molecular complexity index is 368. The molecule has 0 radical (unpaired) electrons. The molecule has 0 saturated carbocycles. The predicted octanol–water partition coefficient (Wildman–Crippen LogP) is 0.481. The highest BCUT2D eigenvalue weighted by atomic mass is 16.6. The summed E-state index contributed by atoms with van der Waals surface area (Å²) in [4.78, 5) is 1.99. The summed E-state index contributed by atoms with van der Waals surface area (Å²) in [6, 6.07) is 5.86. The molecule has 0 amide bonds. The number of nitrogens with zero attached hydrogens (tertiary/aromatic N) is 1. The van der Waals surface area contributed by atoms with Crippen LogP contribution in [0, 0.1) is 0 Å². The molecule has 0 aromatic heterocycles. The maximum Gasteiger partial charge on any atom is 0.161 e. The number of nitrogens with two attached hydrogens (primary N) is 1. The minimum absolute atomic E-state index is 0.0316. The van der Waals surface area contributed by atoms with Gasteiger partial charge >= 0.3 is 0 Å². The van der Waals surface area contributed by atoms with Crippen molar-refractivity contribution in [1.82, 2.24) is 10.3 Å². The number of ether oxygens (including phenoxy) is 2. The lowest BCUT2D eigenvalue weighted by Crippen LogP contribution is -2.37. The molecular formula is C11H17N3O2. The van der Waals surface area contributed by atoms with Crippen LogP contribution in [-0.2, 0) is 0 Å². The quantitative estimate of drug-likeness (QED) is 0.443. The number of hydrazine groups is 1. The average Bonchev–Trinajstić information content (AvgIpc) is 2.29. The van der Waals surface area contributed by atoms with E-state index in [0.29, 0.717) is 13.2 Å². The highest BCUT2D eigenvalue weighted by molar-refractivity contribution is 5.44. The average molecular weight is 223 g/mol. The predicted molar refractivity (Wildman–Crippen MR) is 61.2 cm³/mol. The molecule has 0 spiro atoms. The summed E-state index contributed by atoms with van der Waals surface area (Å²) in [7, 11) is 3.92. The third-order valence-electron chi connectivity index (χ3n) is 2.56. The third-order valence-corrected chi connectivity index (χ3v) is 2.56. The van der Waals surface area contributed by atoms with Crippen molar-refractivity contribution in [2.24, 2.45) is 5.84 Å². The largest absolute Gasteiger partial charge is 0.486 e. The second-order valence-corrected chi connectivity index (χ2v) is 3.94. The minimum atomic E-state index is -0.0316. The van der Waals surface area contributed by atoms with Crippen LogP contribution in [0.5, 0.6) is 11.5 Å². The Morgan fingerprint density at radius 2 is 1.94 bits per heavy atom. The van der Waals surface area contributed by atoms with E-state index in [0.717, 1.165) is 17.1 Å². The van der Waals surface area contributed by atoms with E-state index in [1.165, 1.54) is 0 Å². The van der Waals surface area contributed by atoms with Gasteiger partial charge in [0.25, 0.3) is 0 Å². The Hall–Kier alpha value is -1.30. The van der Waals surface area contributed by atoms with Crippen LogP contribution in [0.3, 0.4) is 0 Å². The third kappa shape index (κ3) is 2.11. The minimum Gasteiger partial charge on any atom is -0.486 e. The summed E-state index contributed by atoms with van der Waals surface area (Å²) in [5.41, 5.74) is 3.81. The molecule has 1 aromatic rings. The van der Waals surface area contributed by atoms with Gasteiger partial charge in [-0.15, -0.1) is 0 Å². The number of nitrogens with one attached hydrogen (secondary N) is 1. The van der Waals surface area contributed by atoms with Crippen LogP contribution >= 0.6 is 0 Å². The summed E-state index contributed by atoms with van der Waals surface area (Å²) in [5, 5.41) is 0. The van der Waals surface area contributed by atoms with Crippen molar-refractivity contribution in [3.8, 4) is 11.5 Å². The summed E-state index contributed by atoms with van der Waals surface area (Å²) >= 11 is 0. The number of benzene rings is 1. The molecule has 0 bridgehead atoms. The van der Waals surface area contributed by atoms with Crippen LogP contribution in [-0.4, -0.2) is 32.2 Å². The highest BCUT2D eigenvalue weighted by Gasteiger charge is 2.17. The first kappa shape index (κ1) is 11.2. The SMILES string of the molecule is CN(C)C(NN)c1ccc2c(c1)OCCO2. The number of rotatable bonds is 3. The maximum absolute atomic E-state index is 5.53. The molecule has 5 heteroatoms. The molecule has 3 N–H and O–H groups in total. The first-order valence-corrected chi connectivity index (χ1v) is 5.24. The Morgan fingerprint density at radius 1 is 1.25 bits per heavy atom. The zero-order valence-corrected chi connectivity index (χ0v) is 9.56. The number of fused-ring (bicyclic) bond motifs is 1. The Balaban J connectivity index is 2.28. The van der Waals surface area contributed by atoms with Crippen molar-refractivity contribution < 1.29 is 9.47 Å². The summed E-state index contributed by atoms with van der Waals surface area (Å²) < 4.78 is 11.0. The second-order valence-electron chi connectivity index (χ2n) is 3.94. The maximum atomic E-state index is 5.53. The molecule has 1 aromatic carbocycles. The molecule has 1 atom stereocenters. The van der Waals surface area contributed by atoms with Gasteiger partial charge in [0.15, 0.2) is 11.5 Å². The lowest BCUT2D eigenvalue weighted by atomic mass is 10.1. The second kappa shape index (κ2) is 4.69. The van der Waals surface area contributed by atoms with E-state index >= 15 is 0 Å². The number of hydrogen-bond acceptors (Lipinski definition) is 5. The van der Waals surface area contributed by atoms with Crippen LogP contribution in [0.1, 0.15) is 11.7 Å². The standard InChI is InChI=1S/C11H17N3O2/c1-14(2)11(13-12)8-3-4-9-10(7-8)16-6-5-15-9/h3-4,7,11,13H,5-6,12H2,1-2H3. The van der Waals surface area contributed by atoms with E-state index in [9.17, 15) is 0 Å². The topological polar surface area (TPSA) is 59.8 Å². The van der Waals surface area contributed by atoms with Crippen molar-refractivity contribution in [2.45, 2.75) is 6.17 Å².